The molecule has 0 heterocycles. The molecule has 0 amide bonds. The number of hydrogen-bond donors (Lipinski definition) is 3. The van der Waals surface area contributed by atoms with Gasteiger partial charge >= 0.3 is 0 Å². The lowest BCUT2D eigenvalue weighted by molar-refractivity contribution is 0.169. The van der Waals surface area contributed by atoms with E-state index in [4.69, 9.17) is 28.3 Å². The quantitative estimate of drug-likeness (QED) is 0.724. The van der Waals surface area contributed by atoms with E-state index in [1.807, 2.05) is 6.92 Å². The fourth-order valence-corrected chi connectivity index (χ4v) is 2.24. The molecule has 3 nitrogen and oxygen atoms in total. The van der Waals surface area contributed by atoms with Crippen molar-refractivity contribution in [1.29, 1.82) is 0 Å². The third-order valence-electron chi connectivity index (χ3n) is 2.72. The number of rotatable bonds is 7. The Bertz CT molecular complexity index is 354. The highest BCUT2D eigenvalue weighted by molar-refractivity contribution is 6.34. The largest absolute Gasteiger partial charge is 0.396 e. The second-order valence-electron chi connectivity index (χ2n) is 4.39. The lowest BCUT2D eigenvalue weighted by Crippen LogP contribution is -2.30. The molecule has 0 aliphatic rings. The zero-order valence-electron chi connectivity index (χ0n) is 10.4. The van der Waals surface area contributed by atoms with Gasteiger partial charge in [0, 0.05) is 29.2 Å². The van der Waals surface area contributed by atoms with Crippen LogP contribution in [-0.4, -0.2) is 29.4 Å². The molecule has 18 heavy (non-hydrogen) atoms. The molecular formula is C13H19Cl2NO2. The number of nitrogens with one attached hydrogen (secondary N) is 1. The molecule has 102 valence electrons. The summed E-state index contributed by atoms with van der Waals surface area (Å²) in [6.45, 7) is 2.65. The molecule has 1 aromatic rings. The first-order chi connectivity index (χ1) is 8.52. The maximum atomic E-state index is 10.0. The van der Waals surface area contributed by atoms with Crippen LogP contribution in [-0.2, 0) is 0 Å². The van der Waals surface area contributed by atoms with Gasteiger partial charge in [-0.3, -0.25) is 0 Å². The molecule has 0 aromatic heterocycles. The Hall–Kier alpha value is -0.320. The van der Waals surface area contributed by atoms with Crippen LogP contribution < -0.4 is 5.32 Å². The molecule has 2 atom stereocenters. The van der Waals surface area contributed by atoms with Gasteiger partial charge in [0.25, 0.3) is 0 Å². The summed E-state index contributed by atoms with van der Waals surface area (Å²) in [7, 11) is 0. The van der Waals surface area contributed by atoms with Gasteiger partial charge in [0.1, 0.15) is 0 Å². The number of aliphatic hydroxyl groups is 2. The van der Waals surface area contributed by atoms with E-state index in [-0.39, 0.29) is 12.6 Å². The fraction of sp³-hybridized carbons (Fsp3) is 0.538. The normalized spacial score (nSPS) is 14.5. The van der Waals surface area contributed by atoms with Crippen molar-refractivity contribution in [2.75, 3.05) is 13.2 Å². The van der Waals surface area contributed by atoms with Crippen LogP contribution in [0.2, 0.25) is 10.0 Å². The number of hydrogen-bond acceptors (Lipinski definition) is 3. The molecule has 0 saturated carbocycles. The first kappa shape index (κ1) is 15.7. The number of benzene rings is 1. The van der Waals surface area contributed by atoms with Crippen LogP contribution in [0.5, 0.6) is 0 Å². The molecule has 0 aliphatic carbocycles. The fourth-order valence-electron chi connectivity index (χ4n) is 1.70. The Labute approximate surface area is 118 Å². The maximum Gasteiger partial charge on any atom is 0.0915 e. The van der Waals surface area contributed by atoms with E-state index in [0.29, 0.717) is 22.2 Å². The Morgan fingerprint density at radius 3 is 2.39 bits per heavy atom. The molecule has 3 N–H and O–H groups in total. The molecular weight excluding hydrogens is 273 g/mol. The Balaban J connectivity index is 2.47. The minimum absolute atomic E-state index is 0.193. The zero-order valence-corrected chi connectivity index (χ0v) is 11.9. The second kappa shape index (κ2) is 7.97. The van der Waals surface area contributed by atoms with Crippen molar-refractivity contribution in [2.45, 2.75) is 31.9 Å². The number of aliphatic hydroxyl groups excluding tert-OH is 2. The van der Waals surface area contributed by atoms with Crippen molar-refractivity contribution in [3.05, 3.63) is 33.8 Å². The third kappa shape index (κ3) is 5.55. The van der Waals surface area contributed by atoms with Crippen LogP contribution in [0.3, 0.4) is 0 Å². The summed E-state index contributed by atoms with van der Waals surface area (Å²) in [4.78, 5) is 0. The summed E-state index contributed by atoms with van der Waals surface area (Å²) in [6, 6.07) is 5.30. The van der Waals surface area contributed by atoms with Crippen LogP contribution in [0, 0.1) is 0 Å². The summed E-state index contributed by atoms with van der Waals surface area (Å²) in [5, 5.41) is 23.0. The summed E-state index contributed by atoms with van der Waals surface area (Å²) in [5.74, 6) is 0. The molecule has 0 fully saturated rings. The molecule has 0 aliphatic heterocycles. The predicted octanol–water partition coefficient (Wildman–Crippen LogP) is 2.78. The average Bonchev–Trinajstić information content (AvgIpc) is 2.32. The standard InChI is InChI=1S/C13H19Cl2NO2/c1-9(3-2-4-17)16-8-13(18)10-5-11(14)7-12(15)6-10/h5-7,9,13,16-18H,2-4,8H2,1H3. The highest BCUT2D eigenvalue weighted by Crippen LogP contribution is 2.23. The Morgan fingerprint density at radius 1 is 1.22 bits per heavy atom. The van der Waals surface area contributed by atoms with Crippen molar-refractivity contribution in [3.63, 3.8) is 0 Å². The van der Waals surface area contributed by atoms with Gasteiger partial charge in [0.05, 0.1) is 6.10 Å². The minimum Gasteiger partial charge on any atom is -0.396 e. The topological polar surface area (TPSA) is 52.5 Å². The SMILES string of the molecule is CC(CCCO)NCC(O)c1cc(Cl)cc(Cl)c1. The maximum absolute atomic E-state index is 10.0. The van der Waals surface area contributed by atoms with Crippen molar-refractivity contribution in [1.82, 2.24) is 5.32 Å². The van der Waals surface area contributed by atoms with Crippen LogP contribution in [0.15, 0.2) is 18.2 Å². The highest BCUT2D eigenvalue weighted by Gasteiger charge is 2.10. The van der Waals surface area contributed by atoms with Gasteiger partial charge in [-0.2, -0.15) is 0 Å². The van der Waals surface area contributed by atoms with E-state index in [9.17, 15) is 5.11 Å². The van der Waals surface area contributed by atoms with Crippen LogP contribution in [0.4, 0.5) is 0 Å². The van der Waals surface area contributed by atoms with Crippen molar-refractivity contribution >= 4 is 23.2 Å². The van der Waals surface area contributed by atoms with E-state index in [2.05, 4.69) is 5.32 Å². The minimum atomic E-state index is -0.641. The van der Waals surface area contributed by atoms with Crippen molar-refractivity contribution in [2.24, 2.45) is 0 Å². The highest BCUT2D eigenvalue weighted by atomic mass is 35.5. The summed E-state index contributed by atoms with van der Waals surface area (Å²) < 4.78 is 0. The van der Waals surface area contributed by atoms with Gasteiger partial charge in [0.2, 0.25) is 0 Å². The summed E-state index contributed by atoms with van der Waals surface area (Å²) in [5.41, 5.74) is 0.703. The van der Waals surface area contributed by atoms with Gasteiger partial charge in [-0.25, -0.2) is 0 Å². The van der Waals surface area contributed by atoms with E-state index >= 15 is 0 Å². The first-order valence-electron chi connectivity index (χ1n) is 6.01. The zero-order chi connectivity index (χ0) is 13.5. The van der Waals surface area contributed by atoms with E-state index in [1.54, 1.807) is 18.2 Å². The molecule has 1 rings (SSSR count). The van der Waals surface area contributed by atoms with Gasteiger partial charge in [-0.05, 0) is 43.5 Å². The average molecular weight is 292 g/mol. The van der Waals surface area contributed by atoms with Gasteiger partial charge in [-0.1, -0.05) is 23.2 Å². The number of halogens is 2. The molecule has 2 unspecified atom stereocenters. The predicted molar refractivity (Wildman–Crippen MR) is 75.2 cm³/mol. The molecule has 0 bridgehead atoms. The second-order valence-corrected chi connectivity index (χ2v) is 5.27. The van der Waals surface area contributed by atoms with Crippen LogP contribution >= 0.6 is 23.2 Å². The third-order valence-corrected chi connectivity index (χ3v) is 3.16. The molecule has 5 heteroatoms. The van der Waals surface area contributed by atoms with Crippen molar-refractivity contribution < 1.29 is 10.2 Å². The summed E-state index contributed by atoms with van der Waals surface area (Å²) >= 11 is 11.8. The monoisotopic (exact) mass is 291 g/mol. The lowest BCUT2D eigenvalue weighted by Gasteiger charge is -2.17. The smallest absolute Gasteiger partial charge is 0.0915 e. The van der Waals surface area contributed by atoms with Crippen LogP contribution in [0.1, 0.15) is 31.4 Å². The molecule has 1 aromatic carbocycles. The molecule has 0 radical (unpaired) electrons. The summed E-state index contributed by atoms with van der Waals surface area (Å²) in [6.07, 6.45) is 0.991. The lowest BCUT2D eigenvalue weighted by atomic mass is 10.1. The molecule has 0 spiro atoms. The van der Waals surface area contributed by atoms with E-state index < -0.39 is 6.10 Å². The first-order valence-corrected chi connectivity index (χ1v) is 6.77. The van der Waals surface area contributed by atoms with Gasteiger partial charge in [-0.15, -0.1) is 0 Å². The van der Waals surface area contributed by atoms with Gasteiger partial charge in [0.15, 0.2) is 0 Å². The van der Waals surface area contributed by atoms with Gasteiger partial charge < -0.3 is 15.5 Å². The molecule has 0 saturated heterocycles. The van der Waals surface area contributed by atoms with E-state index in [1.165, 1.54) is 0 Å². The van der Waals surface area contributed by atoms with E-state index in [0.717, 1.165) is 12.8 Å². The van der Waals surface area contributed by atoms with Crippen LogP contribution in [0.25, 0.3) is 0 Å². The Morgan fingerprint density at radius 2 is 1.83 bits per heavy atom. The Kier molecular flexibility index (Phi) is 6.97. The van der Waals surface area contributed by atoms with Crippen molar-refractivity contribution in [3.8, 4) is 0 Å².